The number of rotatable bonds is 5. The third-order valence-electron chi connectivity index (χ3n) is 3.37. The fourth-order valence-corrected chi connectivity index (χ4v) is 2.24. The minimum atomic E-state index is -0.957. The monoisotopic (exact) mass is 272 g/mol. The Morgan fingerprint density at radius 1 is 0.950 bits per heavy atom. The lowest BCUT2D eigenvalue weighted by molar-refractivity contribution is 0.0573. The van der Waals surface area contributed by atoms with Gasteiger partial charge in [-0.1, -0.05) is 24.3 Å². The Bertz CT molecular complexity index is 576. The molecule has 20 heavy (non-hydrogen) atoms. The van der Waals surface area contributed by atoms with Crippen molar-refractivity contribution < 1.29 is 14.6 Å². The highest BCUT2D eigenvalue weighted by Crippen LogP contribution is 2.28. The van der Waals surface area contributed by atoms with Gasteiger partial charge in [0.05, 0.1) is 19.8 Å². The van der Waals surface area contributed by atoms with E-state index in [1.54, 1.807) is 21.1 Å². The summed E-state index contributed by atoms with van der Waals surface area (Å²) in [6, 6.07) is 15.3. The van der Waals surface area contributed by atoms with Crippen molar-refractivity contribution in [3.63, 3.8) is 0 Å². The van der Waals surface area contributed by atoms with Crippen LogP contribution in [0.25, 0.3) is 0 Å². The van der Waals surface area contributed by atoms with E-state index >= 15 is 0 Å². The molecular weight excluding hydrogens is 252 g/mol. The van der Waals surface area contributed by atoms with Crippen molar-refractivity contribution in [1.29, 1.82) is 0 Å². The fourth-order valence-electron chi connectivity index (χ4n) is 2.24. The summed E-state index contributed by atoms with van der Waals surface area (Å²) in [6.07, 6.45) is 0.511. The Morgan fingerprint density at radius 3 is 2.20 bits per heavy atom. The molecule has 2 aromatic carbocycles. The van der Waals surface area contributed by atoms with Gasteiger partial charge < -0.3 is 14.6 Å². The molecule has 0 aliphatic carbocycles. The zero-order chi connectivity index (χ0) is 14.6. The smallest absolute Gasteiger partial charge is 0.119 e. The topological polar surface area (TPSA) is 38.7 Å². The van der Waals surface area contributed by atoms with E-state index in [-0.39, 0.29) is 0 Å². The maximum atomic E-state index is 10.7. The van der Waals surface area contributed by atoms with Crippen LogP contribution in [-0.2, 0) is 12.0 Å². The number of ether oxygens (including phenoxy) is 2. The van der Waals surface area contributed by atoms with Crippen LogP contribution in [0.15, 0.2) is 48.5 Å². The molecule has 1 atom stereocenters. The van der Waals surface area contributed by atoms with Crippen LogP contribution in [0.2, 0.25) is 0 Å². The molecule has 0 saturated carbocycles. The first-order chi connectivity index (χ1) is 9.55. The Labute approximate surface area is 119 Å². The van der Waals surface area contributed by atoms with Crippen LogP contribution in [0.1, 0.15) is 18.1 Å². The lowest BCUT2D eigenvalue weighted by Crippen LogP contribution is -2.24. The molecule has 3 heteroatoms. The van der Waals surface area contributed by atoms with Gasteiger partial charge in [0.15, 0.2) is 0 Å². The van der Waals surface area contributed by atoms with Crippen LogP contribution in [0.4, 0.5) is 0 Å². The Hall–Kier alpha value is -2.00. The van der Waals surface area contributed by atoms with E-state index in [1.807, 2.05) is 48.5 Å². The van der Waals surface area contributed by atoms with Gasteiger partial charge in [0.2, 0.25) is 0 Å². The highest BCUT2D eigenvalue weighted by atomic mass is 16.5. The van der Waals surface area contributed by atoms with E-state index in [9.17, 15) is 5.11 Å². The zero-order valence-corrected chi connectivity index (χ0v) is 12.1. The fraction of sp³-hybridized carbons (Fsp3) is 0.294. The van der Waals surface area contributed by atoms with Crippen LogP contribution < -0.4 is 9.47 Å². The summed E-state index contributed by atoms with van der Waals surface area (Å²) < 4.78 is 10.4. The van der Waals surface area contributed by atoms with E-state index in [4.69, 9.17) is 9.47 Å². The first kappa shape index (κ1) is 14.4. The molecule has 2 rings (SSSR count). The first-order valence-corrected chi connectivity index (χ1v) is 6.55. The van der Waals surface area contributed by atoms with Crippen molar-refractivity contribution in [2.24, 2.45) is 0 Å². The predicted octanol–water partition coefficient (Wildman–Crippen LogP) is 3.15. The summed E-state index contributed by atoms with van der Waals surface area (Å²) in [7, 11) is 3.26. The lowest BCUT2D eigenvalue weighted by Gasteiger charge is -2.24. The summed E-state index contributed by atoms with van der Waals surface area (Å²) in [5.41, 5.74) is 0.901. The standard InChI is InChI=1S/C17H20O3/c1-17(18,14-7-5-9-16(11-14)20-3)12-13-6-4-8-15(10-13)19-2/h4-11,18H,12H2,1-3H3. The van der Waals surface area contributed by atoms with E-state index in [2.05, 4.69) is 0 Å². The molecule has 3 nitrogen and oxygen atoms in total. The van der Waals surface area contributed by atoms with Crippen LogP contribution in [0.5, 0.6) is 11.5 Å². The third kappa shape index (κ3) is 3.31. The SMILES string of the molecule is COc1cccc(CC(C)(O)c2cccc(OC)c2)c1. The number of aliphatic hydroxyl groups is 1. The van der Waals surface area contributed by atoms with E-state index < -0.39 is 5.60 Å². The molecule has 0 aromatic heterocycles. The maximum absolute atomic E-state index is 10.7. The lowest BCUT2D eigenvalue weighted by atomic mass is 9.89. The summed E-state index contributed by atoms with van der Waals surface area (Å²) in [4.78, 5) is 0. The second-order valence-electron chi connectivity index (χ2n) is 5.03. The van der Waals surface area contributed by atoms with Crippen molar-refractivity contribution in [3.05, 3.63) is 59.7 Å². The summed E-state index contributed by atoms with van der Waals surface area (Å²) in [5, 5.41) is 10.7. The second kappa shape index (κ2) is 5.97. The van der Waals surface area contributed by atoms with Crippen LogP contribution >= 0.6 is 0 Å². The van der Waals surface area contributed by atoms with Crippen LogP contribution in [0, 0.1) is 0 Å². The van der Waals surface area contributed by atoms with Gasteiger partial charge >= 0.3 is 0 Å². The van der Waals surface area contributed by atoms with E-state index in [1.165, 1.54) is 0 Å². The van der Waals surface area contributed by atoms with Gasteiger partial charge in [-0.3, -0.25) is 0 Å². The zero-order valence-electron chi connectivity index (χ0n) is 12.1. The highest BCUT2D eigenvalue weighted by molar-refractivity contribution is 5.35. The van der Waals surface area contributed by atoms with Gasteiger partial charge in [-0.15, -0.1) is 0 Å². The molecular formula is C17H20O3. The van der Waals surface area contributed by atoms with Gasteiger partial charge in [-0.25, -0.2) is 0 Å². The van der Waals surface area contributed by atoms with Gasteiger partial charge in [0.1, 0.15) is 11.5 Å². The molecule has 0 amide bonds. The molecule has 0 bridgehead atoms. The first-order valence-electron chi connectivity index (χ1n) is 6.55. The molecule has 0 saturated heterocycles. The molecule has 2 aromatic rings. The molecule has 106 valence electrons. The highest BCUT2D eigenvalue weighted by Gasteiger charge is 2.24. The summed E-state index contributed by atoms with van der Waals surface area (Å²) in [6.45, 7) is 1.81. The molecule has 0 heterocycles. The minimum Gasteiger partial charge on any atom is -0.497 e. The number of hydrogen-bond donors (Lipinski definition) is 1. The number of methoxy groups -OCH3 is 2. The third-order valence-corrected chi connectivity index (χ3v) is 3.37. The summed E-state index contributed by atoms with van der Waals surface area (Å²) in [5.74, 6) is 1.54. The Morgan fingerprint density at radius 2 is 1.55 bits per heavy atom. The van der Waals surface area contributed by atoms with E-state index in [0.29, 0.717) is 6.42 Å². The maximum Gasteiger partial charge on any atom is 0.119 e. The number of benzene rings is 2. The van der Waals surface area contributed by atoms with Crippen LogP contribution in [-0.4, -0.2) is 19.3 Å². The normalized spacial score (nSPS) is 13.6. The molecule has 0 fully saturated rings. The predicted molar refractivity (Wildman–Crippen MR) is 79.3 cm³/mol. The van der Waals surface area contributed by atoms with E-state index in [0.717, 1.165) is 22.6 Å². The molecule has 0 spiro atoms. The quantitative estimate of drug-likeness (QED) is 0.908. The molecule has 1 unspecified atom stereocenters. The molecule has 0 aliphatic rings. The second-order valence-corrected chi connectivity index (χ2v) is 5.03. The van der Waals surface area contributed by atoms with Crippen molar-refractivity contribution in [2.45, 2.75) is 18.9 Å². The van der Waals surface area contributed by atoms with Crippen molar-refractivity contribution in [1.82, 2.24) is 0 Å². The average Bonchev–Trinajstić information content (AvgIpc) is 2.47. The van der Waals surface area contributed by atoms with Crippen LogP contribution in [0.3, 0.4) is 0 Å². The van der Waals surface area contributed by atoms with Gasteiger partial charge in [-0.2, -0.15) is 0 Å². The van der Waals surface area contributed by atoms with Crippen molar-refractivity contribution in [3.8, 4) is 11.5 Å². The Kier molecular flexibility index (Phi) is 4.30. The largest absolute Gasteiger partial charge is 0.497 e. The van der Waals surface area contributed by atoms with Gasteiger partial charge in [-0.05, 0) is 42.3 Å². The number of hydrogen-bond acceptors (Lipinski definition) is 3. The van der Waals surface area contributed by atoms with Crippen molar-refractivity contribution in [2.75, 3.05) is 14.2 Å². The van der Waals surface area contributed by atoms with Crippen molar-refractivity contribution >= 4 is 0 Å². The van der Waals surface area contributed by atoms with Gasteiger partial charge in [0, 0.05) is 6.42 Å². The van der Waals surface area contributed by atoms with Gasteiger partial charge in [0.25, 0.3) is 0 Å². The molecule has 0 radical (unpaired) electrons. The summed E-state index contributed by atoms with van der Waals surface area (Å²) >= 11 is 0. The molecule has 1 N–H and O–H groups in total. The minimum absolute atomic E-state index is 0.511. The Balaban J connectivity index is 2.24. The molecule has 0 aliphatic heterocycles. The average molecular weight is 272 g/mol.